The van der Waals surface area contributed by atoms with Crippen LogP contribution in [0.25, 0.3) is 0 Å². The van der Waals surface area contributed by atoms with Gasteiger partial charge in [-0.3, -0.25) is 0 Å². The van der Waals surface area contributed by atoms with Crippen molar-refractivity contribution in [1.82, 2.24) is 0 Å². The molecular formula is C25H31O2P. The van der Waals surface area contributed by atoms with Crippen LogP contribution in [0, 0.1) is 17.3 Å². The minimum absolute atomic E-state index is 0.0822. The fourth-order valence-corrected chi connectivity index (χ4v) is 7.16. The molecule has 0 radical (unpaired) electrons. The van der Waals surface area contributed by atoms with E-state index < -0.39 is 0 Å². The lowest BCUT2D eigenvalue weighted by atomic mass is 9.55. The summed E-state index contributed by atoms with van der Waals surface area (Å²) in [5, 5.41) is 10.6. The lowest BCUT2D eigenvalue weighted by molar-refractivity contribution is -0.0226. The zero-order valence-electron chi connectivity index (χ0n) is 16.7. The van der Waals surface area contributed by atoms with Gasteiger partial charge in [0.05, 0.1) is 14.9 Å². The monoisotopic (exact) mass is 394 g/mol. The van der Waals surface area contributed by atoms with Crippen molar-refractivity contribution >= 4 is 8.81 Å². The largest absolute Gasteiger partial charge is 0.477 e. The molecule has 2 nitrogen and oxygen atoms in total. The summed E-state index contributed by atoms with van der Waals surface area (Å²) < 4.78 is 6.11. The highest BCUT2D eigenvalue weighted by Crippen LogP contribution is 2.60. The van der Waals surface area contributed by atoms with Crippen molar-refractivity contribution in [1.29, 1.82) is 0 Å². The Kier molecular flexibility index (Phi) is 4.97. The molecule has 0 aromatic heterocycles. The highest BCUT2D eigenvalue weighted by atomic mass is 31.1. The smallest absolute Gasteiger partial charge is 0.123 e. The SMILES string of the molecule is CC12CCC3c4ccc(OPCc5ccccc5)cc4CCC3C1CCC2O. The lowest BCUT2D eigenvalue weighted by Gasteiger charge is -2.50. The van der Waals surface area contributed by atoms with Gasteiger partial charge in [-0.15, -0.1) is 0 Å². The standard InChI is InChI=1S/C25H31O2P/c1-25-14-13-21-20-10-8-19(27-28-16-17-5-3-2-4-6-17)15-18(20)7-9-22(21)23(25)11-12-24(25)26/h2-6,8,10,15,21-24,26,28H,7,9,11-14,16H2,1H3. The maximum Gasteiger partial charge on any atom is 0.123 e. The second-order valence-electron chi connectivity index (χ2n) is 9.32. The number of rotatable bonds is 4. The first kappa shape index (κ1) is 18.6. The Morgan fingerprint density at radius 1 is 1.07 bits per heavy atom. The van der Waals surface area contributed by atoms with Crippen LogP contribution in [0.4, 0.5) is 0 Å². The van der Waals surface area contributed by atoms with E-state index >= 15 is 0 Å². The summed E-state index contributed by atoms with van der Waals surface area (Å²) in [4.78, 5) is 0. The molecule has 1 N–H and O–H groups in total. The van der Waals surface area contributed by atoms with Crippen molar-refractivity contribution < 1.29 is 9.63 Å². The summed E-state index contributed by atoms with van der Waals surface area (Å²) in [5.41, 5.74) is 4.58. The first-order valence-corrected chi connectivity index (χ1v) is 12.0. The van der Waals surface area contributed by atoms with Gasteiger partial charge < -0.3 is 9.63 Å². The van der Waals surface area contributed by atoms with Crippen molar-refractivity contribution in [3.63, 3.8) is 0 Å². The topological polar surface area (TPSA) is 29.5 Å². The van der Waals surface area contributed by atoms with E-state index in [1.165, 1.54) is 36.8 Å². The number of fused-ring (bicyclic) bond motifs is 5. The number of benzene rings is 2. The number of hydrogen-bond donors (Lipinski definition) is 1. The van der Waals surface area contributed by atoms with E-state index in [9.17, 15) is 5.11 Å². The van der Waals surface area contributed by atoms with Gasteiger partial charge in [-0.2, -0.15) is 0 Å². The van der Waals surface area contributed by atoms with E-state index in [4.69, 9.17) is 4.52 Å². The average Bonchev–Trinajstić information content (AvgIpc) is 3.03. The summed E-state index contributed by atoms with van der Waals surface area (Å²) in [6.45, 7) is 2.35. The molecule has 0 bridgehead atoms. The molecule has 6 atom stereocenters. The second kappa shape index (κ2) is 7.47. The van der Waals surface area contributed by atoms with E-state index in [1.54, 1.807) is 5.56 Å². The van der Waals surface area contributed by atoms with E-state index in [2.05, 4.69) is 55.5 Å². The maximum absolute atomic E-state index is 10.6. The van der Waals surface area contributed by atoms with Gasteiger partial charge >= 0.3 is 0 Å². The van der Waals surface area contributed by atoms with Crippen LogP contribution in [0.1, 0.15) is 61.6 Å². The van der Waals surface area contributed by atoms with Crippen molar-refractivity contribution in [3.05, 3.63) is 65.2 Å². The molecule has 3 heteroatoms. The molecule has 0 amide bonds. The minimum atomic E-state index is -0.0822. The van der Waals surface area contributed by atoms with Gasteiger partial charge in [0.25, 0.3) is 0 Å². The summed E-state index contributed by atoms with van der Waals surface area (Å²) in [6, 6.07) is 17.4. The second-order valence-corrected chi connectivity index (χ2v) is 10.2. The van der Waals surface area contributed by atoms with Gasteiger partial charge in [0.2, 0.25) is 0 Å². The Morgan fingerprint density at radius 3 is 2.79 bits per heavy atom. The van der Waals surface area contributed by atoms with Crippen LogP contribution < -0.4 is 4.52 Å². The summed E-state index contributed by atoms with van der Waals surface area (Å²) in [6.07, 6.45) is 7.97. The van der Waals surface area contributed by atoms with Crippen LogP contribution in [-0.4, -0.2) is 11.2 Å². The molecule has 5 rings (SSSR count). The third kappa shape index (κ3) is 3.19. The molecule has 2 fully saturated rings. The number of aryl methyl sites for hydroxylation is 1. The molecule has 3 aliphatic carbocycles. The van der Waals surface area contributed by atoms with E-state index in [1.807, 2.05) is 0 Å². The first-order valence-electron chi connectivity index (χ1n) is 10.9. The summed E-state index contributed by atoms with van der Waals surface area (Å²) >= 11 is 0. The molecule has 0 saturated heterocycles. The van der Waals surface area contributed by atoms with E-state index in [0.29, 0.717) is 20.6 Å². The quantitative estimate of drug-likeness (QED) is 0.637. The molecule has 148 valence electrons. The molecule has 28 heavy (non-hydrogen) atoms. The fourth-order valence-electron chi connectivity index (χ4n) is 6.39. The predicted molar refractivity (Wildman–Crippen MR) is 116 cm³/mol. The van der Waals surface area contributed by atoms with Crippen molar-refractivity contribution in [2.75, 3.05) is 0 Å². The number of hydrogen-bond acceptors (Lipinski definition) is 2. The minimum Gasteiger partial charge on any atom is -0.477 e. The Hall–Kier alpha value is -1.37. The van der Waals surface area contributed by atoms with Gasteiger partial charge in [0.15, 0.2) is 0 Å². The molecule has 2 saturated carbocycles. The van der Waals surface area contributed by atoms with E-state index in [-0.39, 0.29) is 11.5 Å². The molecule has 0 aliphatic heterocycles. The van der Waals surface area contributed by atoms with Gasteiger partial charge in [-0.05, 0) is 90.5 Å². The van der Waals surface area contributed by atoms with Gasteiger partial charge in [0.1, 0.15) is 5.75 Å². The third-order valence-corrected chi connectivity index (χ3v) is 8.89. The van der Waals surface area contributed by atoms with Crippen LogP contribution >= 0.6 is 8.81 Å². The Morgan fingerprint density at radius 2 is 1.93 bits per heavy atom. The normalized spacial score (nSPS) is 34.1. The highest BCUT2D eigenvalue weighted by Gasteiger charge is 2.54. The first-order chi connectivity index (χ1) is 13.6. The van der Waals surface area contributed by atoms with Crippen molar-refractivity contribution in [2.45, 2.75) is 63.6 Å². The van der Waals surface area contributed by atoms with Gasteiger partial charge in [0, 0.05) is 6.16 Å². The predicted octanol–water partition coefficient (Wildman–Crippen LogP) is 6.08. The van der Waals surface area contributed by atoms with Crippen LogP contribution in [-0.2, 0) is 12.6 Å². The molecule has 0 heterocycles. The molecule has 2 aromatic carbocycles. The summed E-state index contributed by atoms with van der Waals surface area (Å²) in [5.74, 6) is 3.18. The van der Waals surface area contributed by atoms with Crippen LogP contribution in [0.5, 0.6) is 5.75 Å². The molecule has 3 aliphatic rings. The maximum atomic E-state index is 10.6. The number of aliphatic hydroxyl groups is 1. The molecule has 2 aromatic rings. The van der Waals surface area contributed by atoms with Crippen LogP contribution in [0.3, 0.4) is 0 Å². The number of aliphatic hydroxyl groups excluding tert-OH is 1. The van der Waals surface area contributed by atoms with Crippen molar-refractivity contribution in [2.24, 2.45) is 17.3 Å². The zero-order valence-corrected chi connectivity index (χ0v) is 17.7. The van der Waals surface area contributed by atoms with Gasteiger partial charge in [-0.1, -0.05) is 43.3 Å². The zero-order chi connectivity index (χ0) is 19.1. The highest BCUT2D eigenvalue weighted by molar-refractivity contribution is 7.31. The van der Waals surface area contributed by atoms with Crippen LogP contribution in [0.15, 0.2) is 48.5 Å². The Bertz CT molecular complexity index is 836. The fraction of sp³-hybridized carbons (Fsp3) is 0.520. The average molecular weight is 394 g/mol. The van der Waals surface area contributed by atoms with Crippen molar-refractivity contribution in [3.8, 4) is 5.75 Å². The molecular weight excluding hydrogens is 363 g/mol. The molecule has 6 unspecified atom stereocenters. The van der Waals surface area contributed by atoms with E-state index in [0.717, 1.165) is 30.7 Å². The van der Waals surface area contributed by atoms with Gasteiger partial charge in [-0.25, -0.2) is 0 Å². The summed E-state index contributed by atoms with van der Waals surface area (Å²) in [7, 11) is 0.467. The molecule has 0 spiro atoms. The Balaban J connectivity index is 1.28. The third-order valence-electron chi connectivity index (χ3n) is 7.96. The lowest BCUT2D eigenvalue weighted by Crippen LogP contribution is -2.43. The Labute approximate surface area is 170 Å². The van der Waals surface area contributed by atoms with Crippen LogP contribution in [0.2, 0.25) is 0 Å².